The number of carbonyl (C=O) groups excluding carboxylic acids is 1. The summed E-state index contributed by atoms with van der Waals surface area (Å²) >= 11 is 0. The number of nitrogens with two attached hydrogens (primary N) is 1. The molecule has 0 fully saturated rings. The largest absolute Gasteiger partial charge is 0.495 e. The number of nitrogens with zero attached hydrogens (tertiary/aromatic N) is 1. The number of rotatable bonds is 5. The number of amides is 1. The second-order valence-corrected chi connectivity index (χ2v) is 4.02. The van der Waals surface area contributed by atoms with E-state index in [1.165, 1.54) is 0 Å². The highest BCUT2D eigenvalue weighted by Crippen LogP contribution is 2.21. The molecule has 1 amide bonds. The first-order chi connectivity index (χ1) is 8.04. The number of nitrogen functional groups attached to an aromatic ring is 1. The second-order valence-electron chi connectivity index (χ2n) is 4.02. The number of hydrogen-bond acceptors (Lipinski definition) is 4. The lowest BCUT2D eigenvalue weighted by Gasteiger charge is -2.11. The molecule has 0 aromatic heterocycles. The molecule has 0 saturated carbocycles. The predicted molar refractivity (Wildman–Crippen MR) is 68.3 cm³/mol. The van der Waals surface area contributed by atoms with Gasteiger partial charge in [0.05, 0.1) is 12.8 Å². The third kappa shape index (κ3) is 3.96. The van der Waals surface area contributed by atoms with E-state index in [1.807, 2.05) is 19.0 Å². The van der Waals surface area contributed by atoms with Gasteiger partial charge in [0, 0.05) is 18.7 Å². The zero-order valence-electron chi connectivity index (χ0n) is 10.5. The van der Waals surface area contributed by atoms with Crippen molar-refractivity contribution >= 4 is 11.6 Å². The Morgan fingerprint density at radius 1 is 1.47 bits per heavy atom. The first kappa shape index (κ1) is 13.3. The molecule has 17 heavy (non-hydrogen) atoms. The molecule has 0 aliphatic heterocycles. The van der Waals surface area contributed by atoms with E-state index in [0.29, 0.717) is 23.5 Å². The number of carbonyl (C=O) groups is 1. The molecule has 1 rings (SSSR count). The van der Waals surface area contributed by atoms with E-state index in [4.69, 9.17) is 10.5 Å². The molecule has 5 heteroatoms. The van der Waals surface area contributed by atoms with Gasteiger partial charge in [-0.25, -0.2) is 0 Å². The van der Waals surface area contributed by atoms with Gasteiger partial charge in [-0.15, -0.1) is 0 Å². The molecule has 0 bridgehead atoms. The van der Waals surface area contributed by atoms with E-state index < -0.39 is 0 Å². The van der Waals surface area contributed by atoms with Crippen LogP contribution in [-0.4, -0.2) is 45.1 Å². The Bertz CT molecular complexity index is 391. The summed E-state index contributed by atoms with van der Waals surface area (Å²) in [6.45, 7) is 1.41. The quantitative estimate of drug-likeness (QED) is 0.735. The van der Waals surface area contributed by atoms with Crippen LogP contribution in [0.25, 0.3) is 0 Å². The zero-order chi connectivity index (χ0) is 12.8. The van der Waals surface area contributed by atoms with Crippen LogP contribution in [0.2, 0.25) is 0 Å². The lowest BCUT2D eigenvalue weighted by Crippen LogP contribution is -2.31. The topological polar surface area (TPSA) is 67.6 Å². The third-order valence-electron chi connectivity index (χ3n) is 2.34. The zero-order valence-corrected chi connectivity index (χ0v) is 10.5. The summed E-state index contributed by atoms with van der Waals surface area (Å²) in [5.41, 5.74) is 6.74. The fraction of sp³-hybridized carbons (Fsp3) is 0.417. The van der Waals surface area contributed by atoms with Crippen LogP contribution in [-0.2, 0) is 0 Å². The van der Waals surface area contributed by atoms with Crippen LogP contribution in [0, 0.1) is 0 Å². The third-order valence-corrected chi connectivity index (χ3v) is 2.34. The monoisotopic (exact) mass is 237 g/mol. The number of ether oxygens (including phenoxy) is 1. The maximum absolute atomic E-state index is 11.8. The number of hydrogen-bond donors (Lipinski definition) is 2. The van der Waals surface area contributed by atoms with Crippen molar-refractivity contribution in [3.8, 4) is 5.75 Å². The van der Waals surface area contributed by atoms with Crippen molar-refractivity contribution in [3.05, 3.63) is 23.8 Å². The van der Waals surface area contributed by atoms with Crippen molar-refractivity contribution in [2.75, 3.05) is 40.0 Å². The first-order valence-electron chi connectivity index (χ1n) is 5.41. The Balaban J connectivity index is 2.60. The minimum atomic E-state index is -0.124. The molecule has 0 heterocycles. The maximum Gasteiger partial charge on any atom is 0.251 e. The van der Waals surface area contributed by atoms with Gasteiger partial charge in [0.25, 0.3) is 5.91 Å². The number of benzene rings is 1. The van der Waals surface area contributed by atoms with Crippen molar-refractivity contribution < 1.29 is 9.53 Å². The van der Waals surface area contributed by atoms with Gasteiger partial charge in [-0.2, -0.15) is 0 Å². The Morgan fingerprint density at radius 2 is 2.18 bits per heavy atom. The van der Waals surface area contributed by atoms with Crippen molar-refractivity contribution in [3.63, 3.8) is 0 Å². The number of methoxy groups -OCH3 is 1. The summed E-state index contributed by atoms with van der Waals surface area (Å²) in [4.78, 5) is 13.8. The highest BCUT2D eigenvalue weighted by molar-refractivity contribution is 5.95. The van der Waals surface area contributed by atoms with Crippen molar-refractivity contribution in [1.82, 2.24) is 10.2 Å². The molecule has 1 aromatic rings. The first-order valence-corrected chi connectivity index (χ1v) is 5.41. The van der Waals surface area contributed by atoms with E-state index >= 15 is 0 Å². The summed E-state index contributed by atoms with van der Waals surface area (Å²) in [6.07, 6.45) is 0. The van der Waals surface area contributed by atoms with Gasteiger partial charge < -0.3 is 20.7 Å². The molecule has 0 saturated heterocycles. The van der Waals surface area contributed by atoms with Crippen molar-refractivity contribution in [2.24, 2.45) is 0 Å². The molecule has 1 aromatic carbocycles. The molecule has 0 radical (unpaired) electrons. The smallest absolute Gasteiger partial charge is 0.251 e. The van der Waals surface area contributed by atoms with E-state index in [2.05, 4.69) is 5.32 Å². The average molecular weight is 237 g/mol. The number of anilines is 1. The molecule has 0 aliphatic rings. The van der Waals surface area contributed by atoms with E-state index in [1.54, 1.807) is 25.3 Å². The SMILES string of the molecule is COc1ccc(C(=O)NCCN(C)C)cc1N. The van der Waals surface area contributed by atoms with Gasteiger partial charge in [0.2, 0.25) is 0 Å². The van der Waals surface area contributed by atoms with Gasteiger partial charge in [-0.3, -0.25) is 4.79 Å². The predicted octanol–water partition coefficient (Wildman–Crippen LogP) is 0.569. The van der Waals surface area contributed by atoms with Crippen molar-refractivity contribution in [2.45, 2.75) is 0 Å². The summed E-state index contributed by atoms with van der Waals surface area (Å²) in [7, 11) is 5.46. The fourth-order valence-electron chi connectivity index (χ4n) is 1.37. The van der Waals surface area contributed by atoms with Crippen LogP contribution >= 0.6 is 0 Å². The Kier molecular flexibility index (Phi) is 4.78. The number of nitrogens with one attached hydrogen (secondary N) is 1. The van der Waals surface area contributed by atoms with E-state index in [-0.39, 0.29) is 5.91 Å². The van der Waals surface area contributed by atoms with Crippen LogP contribution in [0.3, 0.4) is 0 Å². The Hall–Kier alpha value is -1.75. The van der Waals surface area contributed by atoms with Crippen LogP contribution in [0.15, 0.2) is 18.2 Å². The summed E-state index contributed by atoms with van der Waals surface area (Å²) in [6, 6.07) is 5.00. The molecular weight excluding hydrogens is 218 g/mol. The van der Waals surface area contributed by atoms with Gasteiger partial charge >= 0.3 is 0 Å². The highest BCUT2D eigenvalue weighted by atomic mass is 16.5. The summed E-state index contributed by atoms with van der Waals surface area (Å²) < 4.78 is 5.03. The molecule has 94 valence electrons. The fourth-order valence-corrected chi connectivity index (χ4v) is 1.37. The van der Waals surface area contributed by atoms with E-state index in [9.17, 15) is 4.79 Å². The molecule has 0 spiro atoms. The molecule has 0 unspecified atom stereocenters. The van der Waals surface area contributed by atoms with Gasteiger partial charge in [-0.05, 0) is 32.3 Å². The van der Waals surface area contributed by atoms with Crippen LogP contribution < -0.4 is 15.8 Å². The summed E-state index contributed by atoms with van der Waals surface area (Å²) in [5, 5.41) is 2.82. The normalized spacial score (nSPS) is 10.4. The minimum Gasteiger partial charge on any atom is -0.495 e. The average Bonchev–Trinajstić information content (AvgIpc) is 2.28. The molecule has 5 nitrogen and oxygen atoms in total. The van der Waals surface area contributed by atoms with Crippen molar-refractivity contribution in [1.29, 1.82) is 0 Å². The molecule has 0 aliphatic carbocycles. The molecular formula is C12H19N3O2. The second kappa shape index (κ2) is 6.10. The highest BCUT2D eigenvalue weighted by Gasteiger charge is 2.07. The van der Waals surface area contributed by atoms with Gasteiger partial charge in [0.1, 0.15) is 5.75 Å². The summed E-state index contributed by atoms with van der Waals surface area (Å²) in [5.74, 6) is 0.455. The minimum absolute atomic E-state index is 0.124. The Labute approximate surface area is 102 Å². The Morgan fingerprint density at radius 3 is 2.71 bits per heavy atom. The maximum atomic E-state index is 11.8. The standard InChI is InChI=1S/C12H19N3O2/c1-15(2)7-6-14-12(16)9-4-5-11(17-3)10(13)8-9/h4-5,8H,6-7,13H2,1-3H3,(H,14,16). The molecule has 3 N–H and O–H groups in total. The van der Waals surface area contributed by atoms with Crippen LogP contribution in [0.4, 0.5) is 5.69 Å². The van der Waals surface area contributed by atoms with Gasteiger partial charge in [0.15, 0.2) is 0 Å². The van der Waals surface area contributed by atoms with Gasteiger partial charge in [-0.1, -0.05) is 0 Å². The van der Waals surface area contributed by atoms with E-state index in [0.717, 1.165) is 6.54 Å². The van der Waals surface area contributed by atoms with Crippen LogP contribution in [0.1, 0.15) is 10.4 Å². The van der Waals surface area contributed by atoms with Crippen LogP contribution in [0.5, 0.6) is 5.75 Å². The lowest BCUT2D eigenvalue weighted by atomic mass is 10.2. The molecule has 0 atom stereocenters. The lowest BCUT2D eigenvalue weighted by molar-refractivity contribution is 0.0951. The number of likely N-dealkylation sites (N-methyl/N-ethyl adjacent to an activating group) is 1.